The van der Waals surface area contributed by atoms with E-state index in [9.17, 15) is 73.6 Å². The number of nitrogens with zero attached hydrogens (tertiary/aromatic N) is 2. The SMILES string of the molecule is COP(C)(=O)OCC1C[C@@H](O[P+](=O)OCC2C[C@@H](O)CN2C(=O)CCCCCCC(=O)[C@H](CCCCNC(=O)CCCCOC2OC(CO)C(O)C(O)C2C)NC(=O)CCCCOC2OC(CO)C(O)C(O)C2C)CN1C(=O)CCCCCNC(C)=O. The summed E-state index contributed by atoms with van der Waals surface area (Å²) in [5.41, 5.74) is 0. The fraction of sp³-hybridized carbons (Fsp3) is 0.895. The van der Waals surface area contributed by atoms with Crippen molar-refractivity contribution in [3.05, 3.63) is 0 Å². The third kappa shape index (κ3) is 27.2. The van der Waals surface area contributed by atoms with Crippen LogP contribution >= 0.6 is 15.9 Å². The van der Waals surface area contributed by atoms with E-state index in [2.05, 4.69) is 16.0 Å². The topological polar surface area (TPSA) is 395 Å². The Bertz CT molecular complexity index is 2150. The van der Waals surface area contributed by atoms with Crippen molar-refractivity contribution >= 4 is 51.2 Å². The molecule has 0 spiro atoms. The molecule has 14 unspecified atom stereocenters. The minimum Gasteiger partial charge on any atom is -0.394 e. The zero-order valence-electron chi connectivity index (χ0n) is 51.5. The zero-order chi connectivity index (χ0) is 64.1. The number of hydrogen-bond acceptors (Lipinski definition) is 23. The van der Waals surface area contributed by atoms with E-state index >= 15 is 0 Å². The number of carbonyl (C=O) groups is 6. The van der Waals surface area contributed by atoms with E-state index in [1.54, 1.807) is 18.7 Å². The fourth-order valence-corrected chi connectivity index (χ4v) is 12.2. The molecule has 0 aliphatic carbocycles. The molecule has 17 atom stereocenters. The van der Waals surface area contributed by atoms with Crippen LogP contribution in [-0.4, -0.2) is 240 Å². The van der Waals surface area contributed by atoms with Crippen LogP contribution < -0.4 is 16.0 Å². The number of carbonyl (C=O) groups excluding carboxylic acids is 6. The number of amides is 5. The Labute approximate surface area is 512 Å². The molecular weight excluding hydrogens is 1180 g/mol. The Morgan fingerprint density at radius 2 is 1.14 bits per heavy atom. The molecule has 4 heterocycles. The highest BCUT2D eigenvalue weighted by molar-refractivity contribution is 7.52. The maximum absolute atomic E-state index is 13.7. The van der Waals surface area contributed by atoms with Crippen molar-refractivity contribution in [2.24, 2.45) is 11.8 Å². The molecule has 4 aliphatic rings. The van der Waals surface area contributed by atoms with Crippen molar-refractivity contribution in [2.45, 2.75) is 235 Å². The normalized spacial score (nSPS) is 28.7. The number of nitrogens with one attached hydrogen (secondary N) is 3. The van der Waals surface area contributed by atoms with Crippen molar-refractivity contribution in [2.75, 3.05) is 79.6 Å². The Kier molecular flexibility index (Phi) is 35.5. The van der Waals surface area contributed by atoms with Gasteiger partial charge in [0.15, 0.2) is 18.4 Å². The summed E-state index contributed by atoms with van der Waals surface area (Å²) in [6, 6.07) is -1.88. The Morgan fingerprint density at radius 1 is 0.632 bits per heavy atom. The Hall–Kier alpha value is -3.25. The number of hydrogen-bond donors (Lipinski definition) is 10. The first-order valence-corrected chi connectivity index (χ1v) is 34.2. The van der Waals surface area contributed by atoms with Gasteiger partial charge in [-0.1, -0.05) is 33.1 Å². The highest BCUT2D eigenvalue weighted by atomic mass is 31.2. The molecule has 0 bridgehead atoms. The van der Waals surface area contributed by atoms with E-state index in [-0.39, 0.29) is 120 Å². The van der Waals surface area contributed by atoms with Gasteiger partial charge in [0.1, 0.15) is 37.1 Å². The molecule has 4 aliphatic heterocycles. The second kappa shape index (κ2) is 40.6. The number of aliphatic hydroxyl groups excluding tert-OH is 7. The average molecular weight is 1290 g/mol. The monoisotopic (exact) mass is 1290 g/mol. The molecule has 0 aromatic carbocycles. The van der Waals surface area contributed by atoms with Crippen molar-refractivity contribution in [3.8, 4) is 0 Å². The van der Waals surface area contributed by atoms with E-state index in [1.165, 1.54) is 25.6 Å². The van der Waals surface area contributed by atoms with Gasteiger partial charge in [-0.2, -0.15) is 0 Å². The quantitative estimate of drug-likeness (QED) is 0.0308. The first-order chi connectivity index (χ1) is 41.5. The molecule has 0 aromatic heterocycles. The van der Waals surface area contributed by atoms with Crippen LogP contribution in [0, 0.1) is 11.8 Å². The van der Waals surface area contributed by atoms with Gasteiger partial charge in [0.2, 0.25) is 29.5 Å². The van der Waals surface area contributed by atoms with Crippen LogP contribution in [-0.2, 0) is 74.9 Å². The molecule has 28 nitrogen and oxygen atoms in total. The largest absolute Gasteiger partial charge is 0.697 e. The molecule has 4 rings (SSSR count). The van der Waals surface area contributed by atoms with Gasteiger partial charge in [0.05, 0.1) is 62.8 Å². The lowest BCUT2D eigenvalue weighted by atomic mass is 9.92. The van der Waals surface area contributed by atoms with Crippen LogP contribution in [0.5, 0.6) is 0 Å². The Balaban J connectivity index is 1.18. The lowest BCUT2D eigenvalue weighted by molar-refractivity contribution is -0.282. The van der Waals surface area contributed by atoms with E-state index in [0.717, 1.165) is 0 Å². The number of ketones is 1. The second-order valence-corrected chi connectivity index (χ2v) is 26.5. The highest BCUT2D eigenvalue weighted by Crippen LogP contribution is 2.44. The fourth-order valence-electron chi connectivity index (χ4n) is 10.9. The lowest BCUT2D eigenvalue weighted by Gasteiger charge is -2.40. The number of β-amino-alcohol motifs (C(OH)–C–C–N with tert-alkyl or cyclic N) is 1. The van der Waals surface area contributed by atoms with Gasteiger partial charge < -0.3 is 89.5 Å². The summed E-state index contributed by atoms with van der Waals surface area (Å²) in [6.45, 7) is 6.29. The molecule has 0 radical (unpaired) electrons. The van der Waals surface area contributed by atoms with Gasteiger partial charge >= 0.3 is 15.9 Å². The standard InChI is InChI=1S/C57H101N5O23P2/c1-37-52(72)54(74)46(33-63)83-56(37)79-27-17-13-21-48(68)59-26-16-12-19-44(60-49(69)22-14-18-28-80-57-38(2)53(73)55(75)47(34-64)84-57)45(67)20-9-6-7-10-23-50(70)61-31-42(66)29-40(61)35-81-86(76)85-43-30-41(36-82-87(5,77)78-4)62(32-43)51(71)24-11-8-15-25-58-39(3)65/h37-38,40-44,46-47,52-57,63-64,66,72-75H,6-36H2,1-5H3,(H2-,58,59,60,65,68,69)/p+1/t37?,38?,40?,41?,42-,43-,44+,46?,47?,52?,53?,54?,55?,56?,57?,87?/m1/s1. The van der Waals surface area contributed by atoms with Crippen molar-refractivity contribution in [1.29, 1.82) is 0 Å². The van der Waals surface area contributed by atoms with Gasteiger partial charge in [-0.3, -0.25) is 33.3 Å². The molecule has 30 heteroatoms. The summed E-state index contributed by atoms with van der Waals surface area (Å²) in [5, 5.41) is 78.9. The molecule has 0 aromatic rings. The predicted molar refractivity (Wildman–Crippen MR) is 313 cm³/mol. The summed E-state index contributed by atoms with van der Waals surface area (Å²) >= 11 is 0. The summed E-state index contributed by atoms with van der Waals surface area (Å²) in [4.78, 5) is 80.5. The van der Waals surface area contributed by atoms with Crippen LogP contribution in [0.3, 0.4) is 0 Å². The summed E-state index contributed by atoms with van der Waals surface area (Å²) < 4.78 is 70.2. The summed E-state index contributed by atoms with van der Waals surface area (Å²) in [7, 11) is -4.83. The van der Waals surface area contributed by atoms with E-state index < -0.39 is 120 Å². The minimum atomic E-state index is -3.38. The number of rotatable bonds is 43. The molecule has 0 saturated carbocycles. The maximum Gasteiger partial charge on any atom is 0.697 e. The lowest BCUT2D eigenvalue weighted by Crippen LogP contribution is -2.55. The molecule has 4 fully saturated rings. The van der Waals surface area contributed by atoms with E-state index in [4.69, 9.17) is 37.0 Å². The summed E-state index contributed by atoms with van der Waals surface area (Å²) in [6.07, 6.45) is -1.04. The number of aliphatic hydroxyl groups is 7. The third-order valence-electron chi connectivity index (χ3n) is 16.4. The second-order valence-electron chi connectivity index (χ2n) is 23.4. The molecule has 87 heavy (non-hydrogen) atoms. The van der Waals surface area contributed by atoms with Gasteiger partial charge in [-0.15, -0.1) is 9.05 Å². The molecule has 502 valence electrons. The third-order valence-corrected chi connectivity index (χ3v) is 18.5. The Morgan fingerprint density at radius 3 is 1.70 bits per heavy atom. The van der Waals surface area contributed by atoms with Crippen molar-refractivity contribution in [1.82, 2.24) is 25.8 Å². The molecule has 5 amide bonds. The number of likely N-dealkylation sites (tertiary alicyclic amines) is 2. The summed E-state index contributed by atoms with van der Waals surface area (Å²) in [5.74, 6) is -2.25. The first-order valence-electron chi connectivity index (χ1n) is 31.1. The van der Waals surface area contributed by atoms with Gasteiger partial charge in [0.25, 0.3) is 0 Å². The molecule has 10 N–H and O–H groups in total. The predicted octanol–water partition coefficient (Wildman–Crippen LogP) is 2.00. The highest BCUT2D eigenvalue weighted by Gasteiger charge is 2.45. The maximum atomic E-state index is 13.7. The van der Waals surface area contributed by atoms with Crippen LogP contribution in [0.25, 0.3) is 0 Å². The minimum absolute atomic E-state index is 0.0721. The van der Waals surface area contributed by atoms with Gasteiger partial charge in [-0.05, 0) is 77.0 Å². The number of unbranched alkanes of at least 4 members (excludes halogenated alkanes) is 8. The molecule has 4 saturated heterocycles. The molecular formula is C57H102N5O23P2+. The van der Waals surface area contributed by atoms with E-state index in [0.29, 0.717) is 103 Å². The van der Waals surface area contributed by atoms with Crippen LogP contribution in [0.2, 0.25) is 0 Å². The van der Waals surface area contributed by atoms with E-state index in [1.807, 2.05) is 0 Å². The average Bonchev–Trinajstić information content (AvgIpc) is 1.82. The van der Waals surface area contributed by atoms with Crippen LogP contribution in [0.1, 0.15) is 156 Å². The van der Waals surface area contributed by atoms with Crippen LogP contribution in [0.4, 0.5) is 0 Å². The number of Topliss-reactive ketones (excluding diaryl/α,β-unsaturated/α-hetero) is 1. The van der Waals surface area contributed by atoms with Gasteiger partial charge in [-0.25, -0.2) is 0 Å². The van der Waals surface area contributed by atoms with Crippen molar-refractivity contribution < 1.29 is 111 Å². The van der Waals surface area contributed by atoms with Gasteiger partial charge in [0, 0.05) is 108 Å². The first kappa shape index (κ1) is 76.2. The van der Waals surface area contributed by atoms with Crippen molar-refractivity contribution in [3.63, 3.8) is 0 Å². The van der Waals surface area contributed by atoms with Crippen LogP contribution in [0.15, 0.2) is 0 Å². The smallest absolute Gasteiger partial charge is 0.394 e. The number of ether oxygens (including phenoxy) is 4. The zero-order valence-corrected chi connectivity index (χ0v) is 53.3.